The van der Waals surface area contributed by atoms with Crippen LogP contribution < -0.4 is 5.32 Å². The average Bonchev–Trinajstić information content (AvgIpc) is 3.57. The zero-order valence-corrected chi connectivity index (χ0v) is 23.9. The molecule has 208 valence electrons. The summed E-state index contributed by atoms with van der Waals surface area (Å²) in [5, 5.41) is 10.5. The van der Waals surface area contributed by atoms with E-state index in [4.69, 9.17) is 11.6 Å². The summed E-state index contributed by atoms with van der Waals surface area (Å²) in [4.78, 5) is 26.4. The minimum absolute atomic E-state index is 0.00853. The second kappa shape index (κ2) is 11.6. The Kier molecular flexibility index (Phi) is 8.19. The van der Waals surface area contributed by atoms with Gasteiger partial charge in [0.25, 0.3) is 0 Å². The summed E-state index contributed by atoms with van der Waals surface area (Å²) < 4.78 is 15.3. The number of nitrogens with one attached hydrogen (secondary N) is 2. The van der Waals surface area contributed by atoms with Crippen molar-refractivity contribution in [2.45, 2.75) is 77.8 Å². The van der Waals surface area contributed by atoms with E-state index in [2.05, 4.69) is 44.2 Å². The first-order valence-electron chi connectivity index (χ1n) is 13.8. The Morgan fingerprint density at radius 3 is 2.64 bits per heavy atom. The number of nitrogens with zero attached hydrogens (tertiary/aromatic N) is 5. The molecule has 39 heavy (non-hydrogen) atoms. The highest BCUT2D eigenvalue weighted by Gasteiger charge is 2.36. The van der Waals surface area contributed by atoms with Gasteiger partial charge in [0.15, 0.2) is 11.6 Å². The second-order valence-corrected chi connectivity index (χ2v) is 11.5. The number of hydrogen-bond donors (Lipinski definition) is 2. The summed E-state index contributed by atoms with van der Waals surface area (Å²) in [7, 11) is 0. The quantitative estimate of drug-likeness (QED) is 0.400. The van der Waals surface area contributed by atoms with Gasteiger partial charge in [0, 0.05) is 37.3 Å². The summed E-state index contributed by atoms with van der Waals surface area (Å²) in [5.74, 6) is 1.73. The molecule has 0 unspecified atom stereocenters. The second-order valence-electron chi connectivity index (χ2n) is 11.1. The molecule has 0 aliphatic carbocycles. The number of anilines is 2. The van der Waals surface area contributed by atoms with Gasteiger partial charge in [-0.3, -0.25) is 14.8 Å². The lowest BCUT2D eigenvalue weighted by Gasteiger charge is -2.37. The van der Waals surface area contributed by atoms with E-state index in [9.17, 15) is 4.79 Å². The highest BCUT2D eigenvalue weighted by molar-refractivity contribution is 6.32. The van der Waals surface area contributed by atoms with Gasteiger partial charge in [0.2, 0.25) is 5.91 Å². The molecular weight excluding hydrogens is 517 g/mol. The predicted molar refractivity (Wildman–Crippen MR) is 151 cm³/mol. The largest absolute Gasteiger partial charge is 0.341 e. The van der Waals surface area contributed by atoms with E-state index in [-0.39, 0.29) is 30.1 Å². The zero-order chi connectivity index (χ0) is 27.7. The van der Waals surface area contributed by atoms with Crippen LogP contribution in [0.15, 0.2) is 24.4 Å². The Hall–Kier alpha value is -3.04. The normalized spacial score (nSPS) is 18.7. The van der Waals surface area contributed by atoms with Gasteiger partial charge in [-0.05, 0) is 88.6 Å². The topological polar surface area (TPSA) is 90.0 Å². The summed E-state index contributed by atoms with van der Waals surface area (Å²) in [6, 6.07) is 5.81. The zero-order valence-electron chi connectivity index (χ0n) is 23.1. The van der Waals surface area contributed by atoms with Gasteiger partial charge in [-0.2, -0.15) is 5.10 Å². The first kappa shape index (κ1) is 27.5. The molecule has 2 fully saturated rings. The molecule has 2 aliphatic heterocycles. The van der Waals surface area contributed by atoms with E-state index in [1.54, 1.807) is 6.07 Å². The number of amides is 1. The standard InChI is InChI=1S/C29H37ClFN7O/c1-17(2)38-9-5-6-25(38)29(39)37-10-7-20(8-11-37)22-15-24(31)21(12-18(22)3)14-26-32-16-23(30)28(33-26)34-27-13-19(4)35-36-27/h12-13,15-17,20,25H,5-11,14H2,1-4H3,(H2,32,33,34,35,36)/t25-/m1/s1. The molecule has 0 radical (unpaired) electrons. The predicted octanol–water partition coefficient (Wildman–Crippen LogP) is 5.52. The Balaban J connectivity index is 1.24. The summed E-state index contributed by atoms with van der Waals surface area (Å²) in [6.07, 6.45) is 5.49. The van der Waals surface area contributed by atoms with E-state index in [1.807, 2.05) is 30.9 Å². The number of halogens is 2. The number of H-pyrrole nitrogens is 1. The maximum atomic E-state index is 15.3. The Bertz CT molecular complexity index is 1340. The monoisotopic (exact) mass is 553 g/mol. The van der Waals surface area contributed by atoms with Crippen LogP contribution in [0.25, 0.3) is 0 Å². The third kappa shape index (κ3) is 6.09. The van der Waals surface area contributed by atoms with Crippen LogP contribution in [0, 0.1) is 19.7 Å². The first-order chi connectivity index (χ1) is 18.7. The van der Waals surface area contributed by atoms with Crippen LogP contribution in [0.2, 0.25) is 5.02 Å². The van der Waals surface area contributed by atoms with Crippen molar-refractivity contribution in [3.05, 3.63) is 63.4 Å². The Morgan fingerprint density at radius 2 is 1.95 bits per heavy atom. The number of carbonyl (C=O) groups is 1. The van der Waals surface area contributed by atoms with Crippen molar-refractivity contribution in [2.24, 2.45) is 0 Å². The summed E-state index contributed by atoms with van der Waals surface area (Å²) in [6.45, 7) is 10.7. The van der Waals surface area contributed by atoms with E-state index in [1.165, 1.54) is 6.20 Å². The molecule has 4 heterocycles. The molecule has 1 amide bonds. The third-order valence-electron chi connectivity index (χ3n) is 8.02. The third-order valence-corrected chi connectivity index (χ3v) is 8.30. The minimum atomic E-state index is -0.261. The van der Waals surface area contributed by atoms with Crippen molar-refractivity contribution in [3.63, 3.8) is 0 Å². The minimum Gasteiger partial charge on any atom is -0.341 e. The fourth-order valence-corrected chi connectivity index (χ4v) is 6.11. The summed E-state index contributed by atoms with van der Waals surface area (Å²) >= 11 is 6.28. The maximum Gasteiger partial charge on any atom is 0.239 e. The fourth-order valence-electron chi connectivity index (χ4n) is 5.98. The van der Waals surface area contributed by atoms with E-state index >= 15 is 4.39 Å². The highest BCUT2D eigenvalue weighted by atomic mass is 35.5. The van der Waals surface area contributed by atoms with E-state index < -0.39 is 0 Å². The molecule has 8 nitrogen and oxygen atoms in total. The van der Waals surface area contributed by atoms with Gasteiger partial charge in [0.05, 0.1) is 12.2 Å². The van der Waals surface area contributed by atoms with Crippen molar-refractivity contribution in [1.82, 2.24) is 30.0 Å². The molecule has 2 aromatic heterocycles. The van der Waals surface area contributed by atoms with Gasteiger partial charge < -0.3 is 10.2 Å². The number of hydrogen-bond acceptors (Lipinski definition) is 6. The molecule has 1 atom stereocenters. The van der Waals surface area contributed by atoms with Gasteiger partial charge >= 0.3 is 0 Å². The van der Waals surface area contributed by atoms with Crippen LogP contribution >= 0.6 is 11.6 Å². The van der Waals surface area contributed by atoms with Crippen molar-refractivity contribution in [3.8, 4) is 0 Å². The highest BCUT2D eigenvalue weighted by Crippen LogP contribution is 2.33. The van der Waals surface area contributed by atoms with E-state index in [0.29, 0.717) is 34.1 Å². The average molecular weight is 554 g/mol. The Morgan fingerprint density at radius 1 is 1.18 bits per heavy atom. The van der Waals surface area contributed by atoms with E-state index in [0.717, 1.165) is 62.1 Å². The van der Waals surface area contributed by atoms with Crippen molar-refractivity contribution < 1.29 is 9.18 Å². The van der Waals surface area contributed by atoms with Gasteiger partial charge in [-0.25, -0.2) is 14.4 Å². The molecule has 5 rings (SSSR count). The van der Waals surface area contributed by atoms with Crippen LogP contribution in [0.1, 0.15) is 73.7 Å². The number of aryl methyl sites for hydroxylation is 2. The number of rotatable bonds is 7. The lowest BCUT2D eigenvalue weighted by Crippen LogP contribution is -2.49. The molecule has 0 saturated carbocycles. The number of aromatic nitrogens is 4. The molecule has 1 aromatic carbocycles. The van der Waals surface area contributed by atoms with Crippen LogP contribution in [-0.2, 0) is 11.2 Å². The van der Waals surface area contributed by atoms with Gasteiger partial charge in [-0.1, -0.05) is 17.7 Å². The number of likely N-dealkylation sites (tertiary alicyclic amines) is 2. The fraction of sp³-hybridized carbons (Fsp3) is 0.517. The number of carbonyl (C=O) groups excluding carboxylic acids is 1. The number of piperidine rings is 1. The SMILES string of the molecule is Cc1cc(Nc2nc(Cc3cc(C)c(C4CCN(C(=O)[C@H]5CCCN5C(C)C)CC4)cc3F)ncc2Cl)n[nH]1. The Labute approximate surface area is 234 Å². The van der Waals surface area contributed by atoms with Crippen LogP contribution in [0.4, 0.5) is 16.0 Å². The molecule has 10 heteroatoms. The number of aromatic amines is 1. The van der Waals surface area contributed by atoms with Gasteiger partial charge in [0.1, 0.15) is 16.7 Å². The van der Waals surface area contributed by atoms with Crippen molar-refractivity contribution >= 4 is 29.1 Å². The molecule has 0 bridgehead atoms. The van der Waals surface area contributed by atoms with Gasteiger partial charge in [-0.15, -0.1) is 0 Å². The van der Waals surface area contributed by atoms with Crippen LogP contribution in [0.5, 0.6) is 0 Å². The first-order valence-corrected chi connectivity index (χ1v) is 14.2. The van der Waals surface area contributed by atoms with Crippen LogP contribution in [-0.4, -0.2) is 67.6 Å². The van der Waals surface area contributed by atoms with Crippen molar-refractivity contribution in [2.75, 3.05) is 25.0 Å². The van der Waals surface area contributed by atoms with Crippen molar-refractivity contribution in [1.29, 1.82) is 0 Å². The maximum absolute atomic E-state index is 15.3. The molecule has 2 aliphatic rings. The smallest absolute Gasteiger partial charge is 0.239 e. The number of benzene rings is 1. The molecule has 2 N–H and O–H groups in total. The molecule has 3 aromatic rings. The lowest BCUT2D eigenvalue weighted by molar-refractivity contribution is -0.137. The van der Waals surface area contributed by atoms with Crippen LogP contribution in [0.3, 0.4) is 0 Å². The lowest BCUT2D eigenvalue weighted by atomic mass is 9.85. The molecular formula is C29H37ClFN7O. The molecule has 2 saturated heterocycles. The molecule has 0 spiro atoms. The summed E-state index contributed by atoms with van der Waals surface area (Å²) in [5.41, 5.74) is 3.53.